The number of hydrogen-bond acceptors (Lipinski definition) is 6. The predicted octanol–water partition coefficient (Wildman–Crippen LogP) is 6.21. The van der Waals surface area contributed by atoms with E-state index >= 15 is 0 Å². The maximum Gasteiger partial charge on any atom is 0.303 e. The predicted molar refractivity (Wildman–Crippen MR) is 152 cm³/mol. The third-order valence-corrected chi connectivity index (χ3v) is 7.03. The van der Waals surface area contributed by atoms with Gasteiger partial charge >= 0.3 is 5.97 Å². The van der Waals surface area contributed by atoms with Gasteiger partial charge in [0.25, 0.3) is 0 Å². The summed E-state index contributed by atoms with van der Waals surface area (Å²) in [7, 11) is 1.77. The van der Waals surface area contributed by atoms with Crippen molar-refractivity contribution in [3.8, 4) is 0 Å². The minimum Gasteiger partial charge on any atom is -0.481 e. The van der Waals surface area contributed by atoms with E-state index in [1.807, 2.05) is 0 Å². The van der Waals surface area contributed by atoms with Crippen molar-refractivity contribution in [3.05, 3.63) is 95.1 Å². The molecule has 4 rings (SSSR count). The second kappa shape index (κ2) is 12.8. The molecule has 1 heterocycles. The van der Waals surface area contributed by atoms with Gasteiger partial charge in [0.05, 0.1) is 11.4 Å². The number of benzene rings is 3. The molecule has 0 aromatic heterocycles. The fourth-order valence-electron chi connectivity index (χ4n) is 4.59. The molecule has 3 aromatic rings. The number of carboxylic acid groups (broad SMARTS) is 1. The van der Waals surface area contributed by atoms with Crippen LogP contribution in [0.25, 0.3) is 0 Å². The fraction of sp³-hybridized carbons (Fsp3) is 0.290. The van der Waals surface area contributed by atoms with Gasteiger partial charge in [-0.1, -0.05) is 23.4 Å². The Bertz CT molecular complexity index is 1460. The minimum absolute atomic E-state index is 0.0188. The normalized spacial score (nSPS) is 17.5. The van der Waals surface area contributed by atoms with Gasteiger partial charge in [0.15, 0.2) is 11.9 Å². The number of nitrogens with zero attached hydrogens (tertiary/aromatic N) is 3. The number of carbonyl (C=O) groups is 2. The minimum atomic E-state index is -1.10. The van der Waals surface area contributed by atoms with Crippen LogP contribution in [-0.4, -0.2) is 46.7 Å². The number of halogens is 2. The first-order valence-corrected chi connectivity index (χ1v) is 13.2. The lowest BCUT2D eigenvalue weighted by Gasteiger charge is -2.27. The summed E-state index contributed by atoms with van der Waals surface area (Å²) in [5.74, 6) is -1.12. The highest BCUT2D eigenvalue weighted by Gasteiger charge is 2.42. The SMILES string of the molecule is CN(/C(CCCCC(=O)O)=N\c1cc(C2=NOC(C)([C@H](O)c3ccc(F)cc3)C2)ccc1C=O)c1ccc(F)cc1. The highest BCUT2D eigenvalue weighted by molar-refractivity contribution is 6.04. The zero-order valence-electron chi connectivity index (χ0n) is 22.8. The summed E-state index contributed by atoms with van der Waals surface area (Å²) in [6.45, 7) is 1.71. The summed E-state index contributed by atoms with van der Waals surface area (Å²) in [6.07, 6.45) is 1.27. The summed E-state index contributed by atoms with van der Waals surface area (Å²) in [5.41, 5.74) is 1.94. The van der Waals surface area contributed by atoms with Gasteiger partial charge < -0.3 is 20.0 Å². The van der Waals surface area contributed by atoms with E-state index < -0.39 is 23.5 Å². The number of hydrogen-bond donors (Lipinski definition) is 2. The van der Waals surface area contributed by atoms with Crippen molar-refractivity contribution < 1.29 is 33.4 Å². The number of carboxylic acids is 1. The Morgan fingerprint density at radius 1 is 1.07 bits per heavy atom. The standard InChI is InChI=1S/C31H31F2N3O5/c1-31(30(40)20-9-11-23(32)12-10-20)18-27(35-41-31)21-7-8-22(19-37)26(17-21)34-28(5-3-4-6-29(38)39)36(2)25-15-13-24(33)14-16-25/h7-17,19,30,40H,3-6,18H2,1-2H3,(H,38,39)/b34-28-/t30-,31?/m1/s1. The fourth-order valence-corrected chi connectivity index (χ4v) is 4.59. The zero-order valence-corrected chi connectivity index (χ0v) is 22.8. The Balaban J connectivity index is 1.62. The van der Waals surface area contributed by atoms with Gasteiger partial charge in [0, 0.05) is 43.1 Å². The lowest BCUT2D eigenvalue weighted by Crippen LogP contribution is -2.33. The van der Waals surface area contributed by atoms with E-state index in [1.54, 1.807) is 49.2 Å². The molecular formula is C31H31F2N3O5. The first kappa shape index (κ1) is 29.5. The number of unbranched alkanes of at least 4 members (excludes halogenated alkanes) is 1. The largest absolute Gasteiger partial charge is 0.481 e. The van der Waals surface area contributed by atoms with Gasteiger partial charge in [-0.25, -0.2) is 13.8 Å². The Morgan fingerprint density at radius 2 is 1.71 bits per heavy atom. The second-order valence-electron chi connectivity index (χ2n) is 10.1. The summed E-state index contributed by atoms with van der Waals surface area (Å²) in [4.78, 5) is 35.1. The number of oxime groups is 1. The molecule has 0 fully saturated rings. The molecule has 2 N–H and O–H groups in total. The van der Waals surface area contributed by atoms with E-state index in [1.165, 1.54) is 36.4 Å². The van der Waals surface area contributed by atoms with Gasteiger partial charge in [0.2, 0.25) is 0 Å². The van der Waals surface area contributed by atoms with Crippen LogP contribution in [0.5, 0.6) is 0 Å². The molecule has 10 heteroatoms. The third kappa shape index (κ3) is 7.20. The number of carbonyl (C=O) groups excluding carboxylic acids is 1. The van der Waals surface area contributed by atoms with E-state index in [-0.39, 0.29) is 18.7 Å². The molecule has 2 atom stereocenters. The van der Waals surface area contributed by atoms with Crippen LogP contribution in [0, 0.1) is 11.6 Å². The van der Waals surface area contributed by atoms with Crippen molar-refractivity contribution in [3.63, 3.8) is 0 Å². The summed E-state index contributed by atoms with van der Waals surface area (Å²) >= 11 is 0. The molecule has 1 unspecified atom stereocenters. The highest BCUT2D eigenvalue weighted by atomic mass is 19.1. The number of rotatable bonds is 11. The Kier molecular flexibility index (Phi) is 9.24. The van der Waals surface area contributed by atoms with Gasteiger partial charge in [-0.2, -0.15) is 0 Å². The van der Waals surface area contributed by atoms with Crippen molar-refractivity contribution in [1.29, 1.82) is 0 Å². The number of aliphatic carboxylic acids is 1. The number of anilines is 1. The molecule has 214 valence electrons. The average molecular weight is 564 g/mol. The molecule has 0 aliphatic carbocycles. The van der Waals surface area contributed by atoms with Crippen LogP contribution in [0.3, 0.4) is 0 Å². The lowest BCUT2D eigenvalue weighted by molar-refractivity contribution is -0.137. The zero-order chi connectivity index (χ0) is 29.6. The molecule has 8 nitrogen and oxygen atoms in total. The third-order valence-electron chi connectivity index (χ3n) is 7.03. The van der Waals surface area contributed by atoms with E-state index in [4.69, 9.17) is 14.9 Å². The number of aldehydes is 1. The number of aliphatic imine (C=N–C) groups is 1. The molecule has 0 bridgehead atoms. The van der Waals surface area contributed by atoms with Crippen molar-refractivity contribution >= 4 is 35.2 Å². The first-order chi connectivity index (χ1) is 19.6. The van der Waals surface area contributed by atoms with Gasteiger partial charge in [-0.3, -0.25) is 9.59 Å². The molecule has 1 aliphatic heterocycles. The topological polar surface area (TPSA) is 112 Å². The lowest BCUT2D eigenvalue weighted by atomic mass is 9.87. The Morgan fingerprint density at radius 3 is 2.34 bits per heavy atom. The van der Waals surface area contributed by atoms with E-state index in [0.29, 0.717) is 65.2 Å². The molecule has 1 aliphatic rings. The molecule has 0 spiro atoms. The number of amidine groups is 1. The molecule has 0 amide bonds. The van der Waals surface area contributed by atoms with E-state index in [0.717, 1.165) is 0 Å². The maximum atomic E-state index is 13.5. The second-order valence-corrected chi connectivity index (χ2v) is 10.1. The molecular weight excluding hydrogens is 532 g/mol. The number of aliphatic hydroxyl groups excluding tert-OH is 1. The van der Waals surface area contributed by atoms with Crippen molar-refractivity contribution in [2.45, 2.75) is 50.7 Å². The Hall–Kier alpha value is -4.44. The van der Waals surface area contributed by atoms with Crippen LogP contribution in [0.1, 0.15) is 66.6 Å². The van der Waals surface area contributed by atoms with Crippen LogP contribution in [0.4, 0.5) is 20.2 Å². The van der Waals surface area contributed by atoms with Crippen LogP contribution >= 0.6 is 0 Å². The van der Waals surface area contributed by atoms with Gasteiger partial charge in [-0.15, -0.1) is 0 Å². The van der Waals surface area contributed by atoms with Crippen molar-refractivity contribution in [2.75, 3.05) is 11.9 Å². The number of aliphatic hydroxyl groups is 1. The van der Waals surface area contributed by atoms with Gasteiger partial charge in [0.1, 0.15) is 23.6 Å². The first-order valence-electron chi connectivity index (χ1n) is 13.2. The van der Waals surface area contributed by atoms with Crippen LogP contribution < -0.4 is 4.90 Å². The van der Waals surface area contributed by atoms with Crippen LogP contribution in [0.15, 0.2) is 76.9 Å². The van der Waals surface area contributed by atoms with Crippen molar-refractivity contribution in [2.24, 2.45) is 10.1 Å². The van der Waals surface area contributed by atoms with E-state index in [2.05, 4.69) is 5.16 Å². The van der Waals surface area contributed by atoms with E-state index in [9.17, 15) is 23.5 Å². The molecule has 0 saturated carbocycles. The Labute approximate surface area is 236 Å². The maximum absolute atomic E-state index is 13.5. The summed E-state index contributed by atoms with van der Waals surface area (Å²) in [5, 5.41) is 24.2. The molecule has 41 heavy (non-hydrogen) atoms. The van der Waals surface area contributed by atoms with Gasteiger partial charge in [-0.05, 0) is 73.9 Å². The summed E-state index contributed by atoms with van der Waals surface area (Å²) in [6, 6.07) is 16.5. The molecule has 0 radical (unpaired) electrons. The molecule has 0 saturated heterocycles. The van der Waals surface area contributed by atoms with Crippen LogP contribution in [-0.2, 0) is 9.63 Å². The quantitative estimate of drug-likeness (QED) is 0.124. The monoisotopic (exact) mass is 563 g/mol. The average Bonchev–Trinajstić information content (AvgIpc) is 3.37. The highest BCUT2D eigenvalue weighted by Crippen LogP contribution is 2.38. The smallest absolute Gasteiger partial charge is 0.303 e. The molecule has 3 aromatic carbocycles. The summed E-state index contributed by atoms with van der Waals surface area (Å²) < 4.78 is 26.9. The van der Waals surface area contributed by atoms with Crippen LogP contribution in [0.2, 0.25) is 0 Å². The van der Waals surface area contributed by atoms with Crippen molar-refractivity contribution in [1.82, 2.24) is 0 Å².